The molecule has 0 spiro atoms. The van der Waals surface area contributed by atoms with Crippen molar-refractivity contribution in [1.82, 2.24) is 0 Å². The van der Waals surface area contributed by atoms with Crippen molar-refractivity contribution in [3.05, 3.63) is 67.1 Å². The Morgan fingerprint density at radius 3 is 2.32 bits per heavy atom. The highest BCUT2D eigenvalue weighted by atomic mass is 79.9. The van der Waals surface area contributed by atoms with Crippen molar-refractivity contribution in [2.75, 3.05) is 0 Å². The summed E-state index contributed by atoms with van der Waals surface area (Å²) in [5.74, 6) is -1.39. The van der Waals surface area contributed by atoms with Crippen LogP contribution in [0.1, 0.15) is 17.2 Å². The number of hydrogen-bond donors (Lipinski definition) is 1. The summed E-state index contributed by atoms with van der Waals surface area (Å²) in [6.07, 6.45) is 0. The first-order valence-corrected chi connectivity index (χ1v) is 7.22. The molecule has 2 aromatic rings. The van der Waals surface area contributed by atoms with Crippen molar-refractivity contribution in [3.63, 3.8) is 0 Å². The maximum Gasteiger partial charge on any atom is 0.145 e. The zero-order valence-corrected chi connectivity index (χ0v) is 13.4. The SMILES string of the molecule is NC(c1ccc(Br)c(Cl)c1)c1c(F)ccc(Br)c1F. The summed E-state index contributed by atoms with van der Waals surface area (Å²) in [5.41, 5.74) is 6.28. The van der Waals surface area contributed by atoms with Gasteiger partial charge >= 0.3 is 0 Å². The van der Waals surface area contributed by atoms with Gasteiger partial charge in [0.1, 0.15) is 11.6 Å². The fourth-order valence-electron chi connectivity index (χ4n) is 1.70. The molecule has 0 bridgehead atoms. The minimum Gasteiger partial charge on any atom is -0.320 e. The van der Waals surface area contributed by atoms with E-state index in [2.05, 4.69) is 31.9 Å². The van der Waals surface area contributed by atoms with Crippen LogP contribution in [0.5, 0.6) is 0 Å². The van der Waals surface area contributed by atoms with Gasteiger partial charge in [-0.05, 0) is 61.7 Å². The fourth-order valence-corrected chi connectivity index (χ4v) is 2.48. The number of hydrogen-bond acceptors (Lipinski definition) is 1. The van der Waals surface area contributed by atoms with E-state index in [-0.39, 0.29) is 10.0 Å². The second-order valence-electron chi connectivity index (χ2n) is 3.91. The van der Waals surface area contributed by atoms with E-state index in [4.69, 9.17) is 17.3 Å². The average Bonchev–Trinajstić information content (AvgIpc) is 2.37. The molecular weight excluding hydrogens is 403 g/mol. The smallest absolute Gasteiger partial charge is 0.145 e. The fraction of sp³-hybridized carbons (Fsp3) is 0.0769. The zero-order chi connectivity index (χ0) is 14.2. The van der Waals surface area contributed by atoms with E-state index in [1.807, 2.05) is 0 Å². The summed E-state index contributed by atoms with van der Waals surface area (Å²) in [6.45, 7) is 0. The summed E-state index contributed by atoms with van der Waals surface area (Å²) >= 11 is 12.2. The Balaban J connectivity index is 2.52. The monoisotopic (exact) mass is 409 g/mol. The van der Waals surface area contributed by atoms with Gasteiger partial charge in [-0.15, -0.1) is 0 Å². The first-order valence-electron chi connectivity index (χ1n) is 5.25. The molecule has 2 rings (SSSR count). The van der Waals surface area contributed by atoms with Crippen molar-refractivity contribution >= 4 is 43.5 Å². The van der Waals surface area contributed by atoms with Crippen LogP contribution in [-0.4, -0.2) is 0 Å². The van der Waals surface area contributed by atoms with E-state index >= 15 is 0 Å². The molecule has 0 fully saturated rings. The average molecular weight is 411 g/mol. The summed E-state index contributed by atoms with van der Waals surface area (Å²) in [7, 11) is 0. The molecule has 2 N–H and O–H groups in total. The van der Waals surface area contributed by atoms with E-state index in [1.54, 1.807) is 18.2 Å². The second kappa shape index (κ2) is 5.87. The lowest BCUT2D eigenvalue weighted by Gasteiger charge is -2.15. The molecule has 1 unspecified atom stereocenters. The minimum atomic E-state index is -0.928. The molecule has 19 heavy (non-hydrogen) atoms. The Bertz CT molecular complexity index is 634. The lowest BCUT2D eigenvalue weighted by Crippen LogP contribution is -2.16. The van der Waals surface area contributed by atoms with Gasteiger partial charge in [-0.3, -0.25) is 0 Å². The topological polar surface area (TPSA) is 26.0 Å². The molecular formula is C13H8Br2ClF2N. The van der Waals surface area contributed by atoms with Gasteiger partial charge < -0.3 is 5.73 Å². The Morgan fingerprint density at radius 1 is 1.05 bits per heavy atom. The van der Waals surface area contributed by atoms with Crippen LogP contribution in [0.3, 0.4) is 0 Å². The molecule has 0 heterocycles. The molecule has 2 aromatic carbocycles. The van der Waals surface area contributed by atoms with Crippen molar-refractivity contribution in [2.45, 2.75) is 6.04 Å². The predicted octanol–water partition coefficient (Wildman–Crippen LogP) is 5.19. The van der Waals surface area contributed by atoms with Gasteiger partial charge in [-0.25, -0.2) is 8.78 Å². The Morgan fingerprint density at radius 2 is 1.68 bits per heavy atom. The summed E-state index contributed by atoms with van der Waals surface area (Å²) < 4.78 is 28.6. The van der Waals surface area contributed by atoms with E-state index in [0.29, 0.717) is 15.1 Å². The molecule has 0 radical (unpaired) electrons. The Kier molecular flexibility index (Phi) is 4.61. The first kappa shape index (κ1) is 14.9. The normalized spacial score (nSPS) is 12.5. The van der Waals surface area contributed by atoms with Gasteiger partial charge in [0, 0.05) is 10.0 Å². The summed E-state index contributed by atoms with van der Waals surface area (Å²) in [5, 5.41) is 0.434. The van der Waals surface area contributed by atoms with Gasteiger partial charge in [0.05, 0.1) is 15.5 Å². The molecule has 0 saturated carbocycles. The molecule has 0 aliphatic carbocycles. The van der Waals surface area contributed by atoms with Gasteiger partial charge in [0.2, 0.25) is 0 Å². The highest BCUT2D eigenvalue weighted by Crippen LogP contribution is 2.32. The number of halogens is 5. The second-order valence-corrected chi connectivity index (χ2v) is 6.02. The standard InChI is InChI=1S/C13H8Br2ClF2N/c14-7-2-1-6(5-9(7)16)13(19)11-10(17)4-3-8(15)12(11)18/h1-5,13H,19H2. The third kappa shape index (κ3) is 2.99. The molecule has 0 aliphatic rings. The third-order valence-electron chi connectivity index (χ3n) is 2.69. The van der Waals surface area contributed by atoms with Gasteiger partial charge in [-0.2, -0.15) is 0 Å². The van der Waals surface area contributed by atoms with Crippen molar-refractivity contribution in [2.24, 2.45) is 5.73 Å². The summed E-state index contributed by atoms with van der Waals surface area (Å²) in [6, 6.07) is 6.48. The summed E-state index contributed by atoms with van der Waals surface area (Å²) in [4.78, 5) is 0. The van der Waals surface area contributed by atoms with Gasteiger partial charge in [0.25, 0.3) is 0 Å². The molecule has 0 amide bonds. The lowest BCUT2D eigenvalue weighted by molar-refractivity contribution is 0.539. The third-order valence-corrected chi connectivity index (χ3v) is 4.54. The Hall–Kier alpha value is -0.490. The van der Waals surface area contributed by atoms with Crippen LogP contribution in [0.25, 0.3) is 0 Å². The van der Waals surface area contributed by atoms with Crippen molar-refractivity contribution < 1.29 is 8.78 Å². The van der Waals surface area contributed by atoms with Crippen LogP contribution in [-0.2, 0) is 0 Å². The van der Waals surface area contributed by atoms with Crippen LogP contribution in [0.2, 0.25) is 5.02 Å². The van der Waals surface area contributed by atoms with Crippen LogP contribution < -0.4 is 5.73 Å². The number of rotatable bonds is 2. The van der Waals surface area contributed by atoms with Crippen LogP contribution >= 0.6 is 43.5 Å². The Labute approximate surface area is 131 Å². The largest absolute Gasteiger partial charge is 0.320 e. The van der Waals surface area contributed by atoms with Crippen molar-refractivity contribution in [1.29, 1.82) is 0 Å². The van der Waals surface area contributed by atoms with E-state index < -0.39 is 17.7 Å². The first-order chi connectivity index (χ1) is 8.91. The van der Waals surface area contributed by atoms with Crippen LogP contribution in [0.15, 0.2) is 39.3 Å². The quantitative estimate of drug-likeness (QED) is 0.676. The van der Waals surface area contributed by atoms with Crippen molar-refractivity contribution in [3.8, 4) is 0 Å². The maximum atomic E-state index is 14.0. The predicted molar refractivity (Wildman–Crippen MR) is 79.2 cm³/mol. The van der Waals surface area contributed by atoms with Gasteiger partial charge in [-0.1, -0.05) is 17.7 Å². The maximum absolute atomic E-state index is 14.0. The van der Waals surface area contributed by atoms with Gasteiger partial charge in [0.15, 0.2) is 0 Å². The molecule has 0 aromatic heterocycles. The molecule has 6 heteroatoms. The molecule has 100 valence electrons. The van der Waals surface area contributed by atoms with E-state index in [9.17, 15) is 8.78 Å². The molecule has 1 atom stereocenters. The molecule has 0 saturated heterocycles. The number of benzene rings is 2. The lowest BCUT2D eigenvalue weighted by atomic mass is 9.98. The highest BCUT2D eigenvalue weighted by molar-refractivity contribution is 9.10. The molecule has 0 aliphatic heterocycles. The molecule has 1 nitrogen and oxygen atoms in total. The van der Waals surface area contributed by atoms with E-state index in [1.165, 1.54) is 12.1 Å². The number of nitrogens with two attached hydrogens (primary N) is 1. The minimum absolute atomic E-state index is 0.169. The zero-order valence-electron chi connectivity index (χ0n) is 9.43. The van der Waals surface area contributed by atoms with Crippen LogP contribution in [0.4, 0.5) is 8.78 Å². The van der Waals surface area contributed by atoms with E-state index in [0.717, 1.165) is 0 Å². The van der Waals surface area contributed by atoms with Crippen LogP contribution in [0, 0.1) is 11.6 Å². The highest BCUT2D eigenvalue weighted by Gasteiger charge is 2.21.